The standard InChI is InChI=1S/C13H15ClF2N2O2/c1-7(17)12-6-18(2-3-20-12)13(19)8-4-10(15)11(16)5-9(8)14/h4-5,7,12H,2-3,6,17H2,1H3/t7-,12+/m0/s1. The lowest BCUT2D eigenvalue weighted by Gasteiger charge is -2.34. The van der Waals surface area contributed by atoms with Crippen LogP contribution in [0.2, 0.25) is 5.02 Å². The number of halogens is 3. The van der Waals surface area contributed by atoms with E-state index in [1.165, 1.54) is 4.90 Å². The number of amides is 1. The minimum atomic E-state index is -1.10. The Morgan fingerprint density at radius 2 is 2.15 bits per heavy atom. The number of nitrogens with zero attached hydrogens (tertiary/aromatic N) is 1. The summed E-state index contributed by atoms with van der Waals surface area (Å²) in [5, 5.41) is -0.113. The molecule has 1 aliphatic rings. The van der Waals surface area contributed by atoms with Crippen LogP contribution in [0.1, 0.15) is 17.3 Å². The van der Waals surface area contributed by atoms with Gasteiger partial charge in [-0.1, -0.05) is 11.6 Å². The van der Waals surface area contributed by atoms with Crippen molar-refractivity contribution in [2.24, 2.45) is 5.73 Å². The van der Waals surface area contributed by atoms with Crippen LogP contribution in [0, 0.1) is 11.6 Å². The summed E-state index contributed by atoms with van der Waals surface area (Å²) in [6.45, 7) is 2.78. The molecular weight excluding hydrogens is 290 g/mol. The van der Waals surface area contributed by atoms with Crippen molar-refractivity contribution >= 4 is 17.5 Å². The molecule has 1 amide bonds. The molecule has 0 aromatic heterocycles. The highest BCUT2D eigenvalue weighted by Gasteiger charge is 2.28. The highest BCUT2D eigenvalue weighted by molar-refractivity contribution is 6.33. The number of morpholine rings is 1. The SMILES string of the molecule is C[C@H](N)[C@H]1CN(C(=O)c2cc(F)c(F)cc2Cl)CCO1. The summed E-state index contributed by atoms with van der Waals surface area (Å²) in [5.41, 5.74) is 5.68. The number of carbonyl (C=O) groups is 1. The van der Waals surface area contributed by atoms with Crippen molar-refractivity contribution in [3.05, 3.63) is 34.4 Å². The Balaban J connectivity index is 2.21. The molecule has 0 saturated carbocycles. The quantitative estimate of drug-likeness (QED) is 0.848. The van der Waals surface area contributed by atoms with Gasteiger partial charge in [-0.05, 0) is 19.1 Å². The van der Waals surface area contributed by atoms with Crippen LogP contribution in [0.5, 0.6) is 0 Å². The van der Waals surface area contributed by atoms with Crippen LogP contribution >= 0.6 is 11.6 Å². The first-order valence-electron chi connectivity index (χ1n) is 6.21. The molecule has 20 heavy (non-hydrogen) atoms. The van der Waals surface area contributed by atoms with Gasteiger partial charge in [0.05, 0.1) is 23.3 Å². The van der Waals surface area contributed by atoms with Crippen LogP contribution in [0.3, 0.4) is 0 Å². The first-order valence-corrected chi connectivity index (χ1v) is 6.59. The molecular formula is C13H15ClF2N2O2. The Morgan fingerprint density at radius 3 is 2.80 bits per heavy atom. The van der Waals surface area contributed by atoms with Crippen molar-refractivity contribution in [2.45, 2.75) is 19.1 Å². The van der Waals surface area contributed by atoms with Crippen molar-refractivity contribution in [2.75, 3.05) is 19.7 Å². The smallest absolute Gasteiger partial charge is 0.255 e. The number of benzene rings is 1. The van der Waals surface area contributed by atoms with Crippen LogP contribution in [0.4, 0.5) is 8.78 Å². The normalized spacial score (nSPS) is 20.9. The molecule has 0 unspecified atom stereocenters. The summed E-state index contributed by atoms with van der Waals surface area (Å²) in [6.07, 6.45) is -0.281. The Labute approximate surface area is 120 Å². The average molecular weight is 305 g/mol. The highest BCUT2D eigenvalue weighted by Crippen LogP contribution is 2.22. The third kappa shape index (κ3) is 3.08. The van der Waals surface area contributed by atoms with Gasteiger partial charge in [-0.3, -0.25) is 4.79 Å². The van der Waals surface area contributed by atoms with Crippen molar-refractivity contribution in [1.82, 2.24) is 4.90 Å². The molecule has 1 saturated heterocycles. The van der Waals surface area contributed by atoms with E-state index < -0.39 is 17.5 Å². The number of hydrogen-bond acceptors (Lipinski definition) is 3. The fourth-order valence-corrected chi connectivity index (χ4v) is 2.27. The summed E-state index contributed by atoms with van der Waals surface area (Å²) >= 11 is 5.80. The van der Waals surface area contributed by atoms with E-state index in [2.05, 4.69) is 0 Å². The molecule has 1 fully saturated rings. The molecule has 1 aliphatic heterocycles. The van der Waals surface area contributed by atoms with Crippen LogP contribution in [-0.2, 0) is 4.74 Å². The zero-order valence-electron chi connectivity index (χ0n) is 10.9. The largest absolute Gasteiger partial charge is 0.373 e. The first-order chi connectivity index (χ1) is 9.40. The average Bonchev–Trinajstić information content (AvgIpc) is 2.42. The second-order valence-corrected chi connectivity index (χ2v) is 5.17. The highest BCUT2D eigenvalue weighted by atomic mass is 35.5. The van der Waals surface area contributed by atoms with Crippen LogP contribution in [0.25, 0.3) is 0 Å². The van der Waals surface area contributed by atoms with E-state index in [0.29, 0.717) is 19.7 Å². The lowest BCUT2D eigenvalue weighted by atomic mass is 10.1. The van der Waals surface area contributed by atoms with E-state index in [1.54, 1.807) is 6.92 Å². The Morgan fingerprint density at radius 1 is 1.50 bits per heavy atom. The van der Waals surface area contributed by atoms with Gasteiger partial charge in [-0.25, -0.2) is 8.78 Å². The van der Waals surface area contributed by atoms with E-state index in [4.69, 9.17) is 22.1 Å². The lowest BCUT2D eigenvalue weighted by molar-refractivity contribution is -0.0300. The minimum Gasteiger partial charge on any atom is -0.373 e. The van der Waals surface area contributed by atoms with Crippen LogP contribution in [-0.4, -0.2) is 42.6 Å². The first kappa shape index (κ1) is 15.2. The molecule has 0 spiro atoms. The number of carbonyl (C=O) groups excluding carboxylic acids is 1. The second kappa shape index (κ2) is 6.03. The number of rotatable bonds is 2. The van der Waals surface area contributed by atoms with Crippen molar-refractivity contribution in [3.8, 4) is 0 Å². The molecule has 0 bridgehead atoms. The van der Waals surface area contributed by atoms with Crippen LogP contribution < -0.4 is 5.73 Å². The Hall–Kier alpha value is -1.24. The summed E-state index contributed by atoms with van der Waals surface area (Å²) in [5.74, 6) is -2.64. The van der Waals surface area contributed by atoms with E-state index >= 15 is 0 Å². The van der Waals surface area contributed by atoms with Gasteiger partial charge in [0.15, 0.2) is 11.6 Å². The lowest BCUT2D eigenvalue weighted by Crippen LogP contribution is -2.51. The van der Waals surface area contributed by atoms with Gasteiger partial charge in [0.1, 0.15) is 0 Å². The predicted octanol–water partition coefficient (Wildman–Crippen LogP) is 1.81. The summed E-state index contributed by atoms with van der Waals surface area (Å²) in [4.78, 5) is 13.8. The van der Waals surface area contributed by atoms with Gasteiger partial charge < -0.3 is 15.4 Å². The molecule has 1 aromatic rings. The molecule has 0 radical (unpaired) electrons. The van der Waals surface area contributed by atoms with E-state index in [-0.39, 0.29) is 22.7 Å². The zero-order chi connectivity index (χ0) is 14.9. The second-order valence-electron chi connectivity index (χ2n) is 4.77. The number of ether oxygens (including phenoxy) is 1. The zero-order valence-corrected chi connectivity index (χ0v) is 11.7. The van der Waals surface area contributed by atoms with Crippen LogP contribution in [0.15, 0.2) is 12.1 Å². The number of hydrogen-bond donors (Lipinski definition) is 1. The Bertz CT molecular complexity index is 525. The molecule has 7 heteroatoms. The van der Waals surface area contributed by atoms with Gasteiger partial charge in [0.2, 0.25) is 0 Å². The van der Waals surface area contributed by atoms with E-state index in [0.717, 1.165) is 12.1 Å². The molecule has 2 rings (SSSR count). The Kier molecular flexibility index (Phi) is 4.57. The van der Waals surface area contributed by atoms with Gasteiger partial charge >= 0.3 is 0 Å². The number of nitrogens with two attached hydrogens (primary N) is 1. The summed E-state index contributed by atoms with van der Waals surface area (Å²) in [6, 6.07) is 1.38. The van der Waals surface area contributed by atoms with Gasteiger partial charge in [-0.15, -0.1) is 0 Å². The fourth-order valence-electron chi connectivity index (χ4n) is 2.03. The molecule has 1 aromatic carbocycles. The molecule has 110 valence electrons. The summed E-state index contributed by atoms with van der Waals surface area (Å²) < 4.78 is 31.7. The van der Waals surface area contributed by atoms with E-state index in [1.807, 2.05) is 0 Å². The molecule has 0 aliphatic carbocycles. The maximum Gasteiger partial charge on any atom is 0.255 e. The van der Waals surface area contributed by atoms with E-state index in [9.17, 15) is 13.6 Å². The molecule has 2 atom stereocenters. The third-order valence-corrected chi connectivity index (χ3v) is 3.52. The molecule has 1 heterocycles. The molecule has 2 N–H and O–H groups in total. The maximum absolute atomic E-state index is 13.2. The minimum absolute atomic E-state index is 0.0594. The van der Waals surface area contributed by atoms with Gasteiger partial charge in [0.25, 0.3) is 5.91 Å². The van der Waals surface area contributed by atoms with Gasteiger partial charge in [-0.2, -0.15) is 0 Å². The topological polar surface area (TPSA) is 55.6 Å². The van der Waals surface area contributed by atoms with Crippen molar-refractivity contribution in [3.63, 3.8) is 0 Å². The summed E-state index contributed by atoms with van der Waals surface area (Å²) in [7, 11) is 0. The van der Waals surface area contributed by atoms with Crippen molar-refractivity contribution < 1.29 is 18.3 Å². The monoisotopic (exact) mass is 304 g/mol. The molecule has 4 nitrogen and oxygen atoms in total. The van der Waals surface area contributed by atoms with Crippen molar-refractivity contribution in [1.29, 1.82) is 0 Å². The predicted molar refractivity (Wildman–Crippen MR) is 70.7 cm³/mol. The fraction of sp³-hybridized carbons (Fsp3) is 0.462. The van der Waals surface area contributed by atoms with Gasteiger partial charge in [0, 0.05) is 19.1 Å². The maximum atomic E-state index is 13.2. The third-order valence-electron chi connectivity index (χ3n) is 3.21.